The minimum Gasteiger partial charge on any atom is -0.478 e. The number of aromatic carboxylic acids is 1. The van der Waals surface area contributed by atoms with Gasteiger partial charge in [0.25, 0.3) is 0 Å². The molecule has 0 aliphatic rings. The van der Waals surface area contributed by atoms with Crippen LogP contribution in [-0.2, 0) is 13.5 Å². The van der Waals surface area contributed by atoms with Crippen molar-refractivity contribution in [1.82, 2.24) is 4.57 Å². The van der Waals surface area contributed by atoms with E-state index in [-0.39, 0.29) is 0 Å². The summed E-state index contributed by atoms with van der Waals surface area (Å²) in [5.74, 6) is -0.210. The molecule has 1 N–H and O–H groups in total. The molecule has 1 aromatic heterocycles. The van der Waals surface area contributed by atoms with Gasteiger partial charge in [-0.15, -0.1) is 11.6 Å². The predicted molar refractivity (Wildman–Crippen MR) is 73.5 cm³/mol. The zero-order valence-corrected chi connectivity index (χ0v) is 11.1. The van der Waals surface area contributed by atoms with Crippen molar-refractivity contribution in [1.29, 1.82) is 0 Å². The zero-order chi connectivity index (χ0) is 13.1. The number of carboxylic acids is 1. The molecule has 0 saturated heterocycles. The summed E-state index contributed by atoms with van der Waals surface area (Å²) in [6.45, 7) is 0. The maximum atomic E-state index is 11.0. The molecule has 0 amide bonds. The van der Waals surface area contributed by atoms with Gasteiger partial charge in [0.2, 0.25) is 0 Å². The van der Waals surface area contributed by atoms with Crippen LogP contribution in [0, 0.1) is 0 Å². The Kier molecular flexibility index (Phi) is 3.92. The molecular formula is C14H16ClNO2. The first-order valence-corrected chi connectivity index (χ1v) is 6.54. The summed E-state index contributed by atoms with van der Waals surface area (Å²) in [6, 6.07) is 5.27. The maximum absolute atomic E-state index is 11.0. The summed E-state index contributed by atoms with van der Waals surface area (Å²) in [7, 11) is 1.98. The molecule has 0 unspecified atom stereocenters. The molecule has 0 saturated carbocycles. The van der Waals surface area contributed by atoms with Gasteiger partial charge in [-0.05, 0) is 43.0 Å². The van der Waals surface area contributed by atoms with Gasteiger partial charge in [-0.2, -0.15) is 0 Å². The molecule has 0 spiro atoms. The van der Waals surface area contributed by atoms with Crippen LogP contribution in [0.25, 0.3) is 10.9 Å². The van der Waals surface area contributed by atoms with E-state index in [9.17, 15) is 4.79 Å². The average molecular weight is 266 g/mol. The molecule has 0 aliphatic heterocycles. The van der Waals surface area contributed by atoms with Gasteiger partial charge in [-0.25, -0.2) is 4.79 Å². The third-order valence-corrected chi connectivity index (χ3v) is 3.42. The van der Waals surface area contributed by atoms with Crippen LogP contribution in [-0.4, -0.2) is 21.5 Å². The van der Waals surface area contributed by atoms with Gasteiger partial charge in [0.05, 0.1) is 5.56 Å². The number of aromatic nitrogens is 1. The summed E-state index contributed by atoms with van der Waals surface area (Å²) in [5, 5.41) is 10.1. The number of rotatable bonds is 5. The molecule has 1 aromatic carbocycles. The smallest absolute Gasteiger partial charge is 0.335 e. The Hall–Kier alpha value is -1.48. The lowest BCUT2D eigenvalue weighted by Crippen LogP contribution is -1.95. The summed E-state index contributed by atoms with van der Waals surface area (Å²) in [4.78, 5) is 11.0. The van der Waals surface area contributed by atoms with Crippen LogP contribution in [0.15, 0.2) is 24.4 Å². The SMILES string of the molecule is Cn1cc(CCCCCl)c2cc(C(=O)O)ccc21. The van der Waals surface area contributed by atoms with Crippen molar-refractivity contribution in [2.45, 2.75) is 19.3 Å². The standard InChI is InChI=1S/C14H16ClNO2/c1-16-9-11(4-2-3-7-15)12-8-10(14(17)18)5-6-13(12)16/h5-6,8-9H,2-4,7H2,1H3,(H,17,18). The van der Waals surface area contributed by atoms with E-state index in [1.165, 1.54) is 5.56 Å². The lowest BCUT2D eigenvalue weighted by molar-refractivity contribution is 0.0697. The van der Waals surface area contributed by atoms with Gasteiger partial charge in [-0.3, -0.25) is 0 Å². The van der Waals surface area contributed by atoms with Crippen molar-refractivity contribution in [3.8, 4) is 0 Å². The summed E-state index contributed by atoms with van der Waals surface area (Å²) >= 11 is 5.68. The topological polar surface area (TPSA) is 42.2 Å². The number of carbonyl (C=O) groups is 1. The lowest BCUT2D eigenvalue weighted by Gasteiger charge is -2.00. The Morgan fingerprint density at radius 1 is 1.39 bits per heavy atom. The molecule has 96 valence electrons. The fourth-order valence-corrected chi connectivity index (χ4v) is 2.40. The van der Waals surface area contributed by atoms with E-state index < -0.39 is 5.97 Å². The van der Waals surface area contributed by atoms with Crippen molar-refractivity contribution < 1.29 is 9.90 Å². The van der Waals surface area contributed by atoms with Crippen LogP contribution in [0.2, 0.25) is 0 Å². The van der Waals surface area contributed by atoms with E-state index in [0.717, 1.165) is 30.2 Å². The highest BCUT2D eigenvalue weighted by Gasteiger charge is 2.10. The van der Waals surface area contributed by atoms with Gasteiger partial charge in [0.1, 0.15) is 0 Å². The second-order valence-electron chi connectivity index (χ2n) is 4.45. The predicted octanol–water partition coefficient (Wildman–Crippen LogP) is 3.44. The fraction of sp³-hybridized carbons (Fsp3) is 0.357. The van der Waals surface area contributed by atoms with E-state index in [0.29, 0.717) is 11.4 Å². The van der Waals surface area contributed by atoms with Crippen LogP contribution in [0.1, 0.15) is 28.8 Å². The van der Waals surface area contributed by atoms with Crippen molar-refractivity contribution in [3.63, 3.8) is 0 Å². The first-order valence-electron chi connectivity index (χ1n) is 6.00. The van der Waals surface area contributed by atoms with E-state index in [4.69, 9.17) is 16.7 Å². The molecule has 0 aliphatic carbocycles. The number of alkyl halides is 1. The van der Waals surface area contributed by atoms with Crippen LogP contribution in [0.4, 0.5) is 0 Å². The maximum Gasteiger partial charge on any atom is 0.335 e. The quantitative estimate of drug-likeness (QED) is 0.665. The van der Waals surface area contributed by atoms with E-state index in [1.54, 1.807) is 12.1 Å². The average Bonchev–Trinajstić information content (AvgIpc) is 2.66. The number of hydrogen-bond donors (Lipinski definition) is 1. The summed E-state index contributed by atoms with van der Waals surface area (Å²) < 4.78 is 2.04. The Morgan fingerprint density at radius 3 is 2.83 bits per heavy atom. The molecular weight excluding hydrogens is 250 g/mol. The first kappa shape index (κ1) is 13.0. The van der Waals surface area contributed by atoms with Gasteiger partial charge in [0.15, 0.2) is 0 Å². The largest absolute Gasteiger partial charge is 0.478 e. The van der Waals surface area contributed by atoms with Crippen molar-refractivity contribution in [3.05, 3.63) is 35.5 Å². The molecule has 4 heteroatoms. The Balaban J connectivity index is 2.39. The number of halogens is 1. The van der Waals surface area contributed by atoms with Gasteiger partial charge >= 0.3 is 5.97 Å². The fourth-order valence-electron chi connectivity index (χ4n) is 2.22. The molecule has 0 atom stereocenters. The van der Waals surface area contributed by atoms with Crippen LogP contribution < -0.4 is 0 Å². The van der Waals surface area contributed by atoms with Gasteiger partial charge < -0.3 is 9.67 Å². The number of fused-ring (bicyclic) bond motifs is 1. The molecule has 0 radical (unpaired) electrons. The van der Waals surface area contributed by atoms with Crippen molar-refractivity contribution in [2.24, 2.45) is 7.05 Å². The summed E-state index contributed by atoms with van der Waals surface area (Å²) in [5.41, 5.74) is 2.61. The minimum absolute atomic E-state index is 0.340. The number of nitrogens with zero attached hydrogens (tertiary/aromatic N) is 1. The third-order valence-electron chi connectivity index (χ3n) is 3.15. The van der Waals surface area contributed by atoms with Crippen molar-refractivity contribution >= 4 is 28.5 Å². The second-order valence-corrected chi connectivity index (χ2v) is 4.83. The highest BCUT2D eigenvalue weighted by molar-refractivity contribution is 6.17. The molecule has 1 heterocycles. The van der Waals surface area contributed by atoms with Crippen molar-refractivity contribution in [2.75, 3.05) is 5.88 Å². The number of hydrogen-bond acceptors (Lipinski definition) is 1. The Labute approximate surface area is 111 Å². The van der Waals surface area contributed by atoms with Gasteiger partial charge in [-0.1, -0.05) is 0 Å². The van der Waals surface area contributed by atoms with E-state index in [1.807, 2.05) is 17.7 Å². The van der Waals surface area contributed by atoms with E-state index in [2.05, 4.69) is 6.20 Å². The summed E-state index contributed by atoms with van der Waals surface area (Å²) in [6.07, 6.45) is 5.02. The Morgan fingerprint density at radius 2 is 2.17 bits per heavy atom. The molecule has 0 fully saturated rings. The number of benzene rings is 1. The molecule has 0 bridgehead atoms. The number of unbranched alkanes of at least 4 members (excludes halogenated alkanes) is 1. The van der Waals surface area contributed by atoms with Crippen LogP contribution in [0.5, 0.6) is 0 Å². The highest BCUT2D eigenvalue weighted by atomic mass is 35.5. The molecule has 18 heavy (non-hydrogen) atoms. The second kappa shape index (κ2) is 5.44. The minimum atomic E-state index is -0.882. The monoisotopic (exact) mass is 265 g/mol. The highest BCUT2D eigenvalue weighted by Crippen LogP contribution is 2.23. The van der Waals surface area contributed by atoms with E-state index >= 15 is 0 Å². The molecule has 2 rings (SSSR count). The van der Waals surface area contributed by atoms with Crippen LogP contribution in [0.3, 0.4) is 0 Å². The normalized spacial score (nSPS) is 11.0. The molecule has 3 nitrogen and oxygen atoms in total. The molecule has 2 aromatic rings. The Bertz CT molecular complexity index is 574. The number of carboxylic acid groups (broad SMARTS) is 1. The van der Waals surface area contributed by atoms with Gasteiger partial charge in [0, 0.05) is 30.0 Å². The first-order chi connectivity index (χ1) is 8.63. The zero-order valence-electron chi connectivity index (χ0n) is 10.3. The lowest BCUT2D eigenvalue weighted by atomic mass is 10.1. The third kappa shape index (κ3) is 2.51. The number of aryl methyl sites for hydroxylation is 2. The van der Waals surface area contributed by atoms with Crippen LogP contribution >= 0.6 is 11.6 Å².